The first-order valence-corrected chi connectivity index (χ1v) is 21.8. The molecule has 0 bridgehead atoms. The van der Waals surface area contributed by atoms with Crippen molar-refractivity contribution in [2.75, 3.05) is 0 Å². The van der Waals surface area contributed by atoms with Crippen molar-refractivity contribution in [2.24, 2.45) is 5.41 Å². The van der Waals surface area contributed by atoms with E-state index in [0.717, 1.165) is 83.4 Å². The van der Waals surface area contributed by atoms with Gasteiger partial charge in [-0.15, -0.1) is 53.6 Å². The normalized spacial score (nSPS) is 13.6. The molecule has 9 rings (SSSR count). The molecule has 0 saturated heterocycles. The molecule has 5 aromatic carbocycles. The van der Waals surface area contributed by atoms with Crippen molar-refractivity contribution < 1.29 is 31.4 Å². The SMILES string of the molecule is Cc1cnc(-c2[c-]ccc3c2oc2c4ccccc4ccc32)cc1-c1c(C)cc(-c2nc(C(C)(C)C)nc(C(C)(C)C)n2)cc1C.[2H]C([2H])([2H])c1c[c-]c(-c2ccc(C([2H])([2H])C(C)(C)C)cn2)cc1.[Ir]. The summed E-state index contributed by atoms with van der Waals surface area (Å²) in [7, 11) is 0. The van der Waals surface area contributed by atoms with E-state index in [0.29, 0.717) is 22.6 Å². The summed E-state index contributed by atoms with van der Waals surface area (Å²) in [5.74, 6) is 2.33. The first kappa shape index (κ1) is 40.6. The van der Waals surface area contributed by atoms with Gasteiger partial charge in [0, 0.05) is 66.5 Å². The van der Waals surface area contributed by atoms with Crippen LogP contribution < -0.4 is 0 Å². The number of aryl methyl sites for hydroxylation is 4. The molecule has 9 aromatic rings. The number of fused-ring (bicyclic) bond motifs is 5. The minimum absolute atomic E-state index is 0. The third-order valence-corrected chi connectivity index (χ3v) is 11.1. The Hall–Kier alpha value is -5.88. The van der Waals surface area contributed by atoms with Gasteiger partial charge in [-0.3, -0.25) is 0 Å². The number of furan rings is 1. The van der Waals surface area contributed by atoms with Crippen LogP contribution in [0.1, 0.15) is 109 Å². The number of hydrogen-bond donors (Lipinski definition) is 0. The van der Waals surface area contributed by atoms with Crippen molar-refractivity contribution in [1.82, 2.24) is 24.9 Å². The number of aromatic nitrogens is 5. The van der Waals surface area contributed by atoms with Crippen molar-refractivity contribution in [3.8, 4) is 45.0 Å². The Kier molecular flexibility index (Phi) is 11.4. The quantitative estimate of drug-likeness (QED) is 0.160. The summed E-state index contributed by atoms with van der Waals surface area (Å²) >= 11 is 0. The third kappa shape index (κ3) is 10.2. The van der Waals surface area contributed by atoms with Gasteiger partial charge in [-0.2, -0.15) is 0 Å². The smallest absolute Gasteiger partial charge is 0.163 e. The van der Waals surface area contributed by atoms with E-state index < -0.39 is 18.6 Å². The summed E-state index contributed by atoms with van der Waals surface area (Å²) in [6.07, 6.45) is 2.00. The molecule has 4 aromatic heterocycles. The van der Waals surface area contributed by atoms with Gasteiger partial charge >= 0.3 is 0 Å². The second-order valence-electron chi connectivity index (χ2n) is 19.8. The molecule has 0 atom stereocenters. The molecule has 0 saturated carbocycles. The van der Waals surface area contributed by atoms with Gasteiger partial charge in [0.1, 0.15) is 17.2 Å². The molecule has 0 aliphatic carbocycles. The summed E-state index contributed by atoms with van der Waals surface area (Å²) in [5, 5.41) is 4.43. The average molecular weight is 1040 g/mol. The largest absolute Gasteiger partial charge is 0.500 e. The van der Waals surface area contributed by atoms with E-state index in [1.807, 2.05) is 33.0 Å². The standard InChI is InChI=1S/C41H39N4O.C17H20N.Ir/c1-23-19-27(37-43-38(40(4,5)6)45-39(44-37)41(7,8)9)20-24(2)34(23)32-21-33(42-22-25(32)3)31-16-12-15-29-30-18-17-26-13-10-11-14-28(26)35(30)46-36(29)31;1-13-5-8-15(9-6-13)16-10-7-14(12-18-16)11-17(2,3)4;/h10-15,17-22H,1-9H3;5-8,10,12H,11H2,1-4H3;/q2*-1;/i;1D3,11D2;. The maximum absolute atomic E-state index is 8.25. The Morgan fingerprint density at radius 2 is 1.32 bits per heavy atom. The van der Waals surface area contributed by atoms with Crippen LogP contribution in [0, 0.1) is 45.2 Å². The van der Waals surface area contributed by atoms with Crippen molar-refractivity contribution in [3.05, 3.63) is 161 Å². The number of pyridine rings is 2. The number of rotatable bonds is 5. The minimum Gasteiger partial charge on any atom is -0.500 e. The van der Waals surface area contributed by atoms with Crippen LogP contribution in [0.5, 0.6) is 0 Å². The summed E-state index contributed by atoms with van der Waals surface area (Å²) in [6, 6.07) is 37.8. The summed E-state index contributed by atoms with van der Waals surface area (Å²) < 4.78 is 45.2. The zero-order chi connectivity index (χ0) is 50.0. The van der Waals surface area contributed by atoms with Crippen LogP contribution in [0.15, 0.2) is 114 Å². The maximum Gasteiger partial charge on any atom is 0.163 e. The molecule has 0 amide bonds. The molecular formula is C58H59IrN5O-2. The van der Waals surface area contributed by atoms with Gasteiger partial charge in [0.25, 0.3) is 0 Å². The van der Waals surface area contributed by atoms with E-state index in [-0.39, 0.29) is 36.5 Å². The Labute approximate surface area is 405 Å². The van der Waals surface area contributed by atoms with Gasteiger partial charge in [-0.05, 0) is 94.8 Å². The van der Waals surface area contributed by atoms with E-state index in [2.05, 4.69) is 140 Å². The molecule has 6 nitrogen and oxygen atoms in total. The van der Waals surface area contributed by atoms with E-state index in [1.165, 1.54) is 17.8 Å². The van der Waals surface area contributed by atoms with Crippen molar-refractivity contribution >= 4 is 32.7 Å². The predicted octanol–water partition coefficient (Wildman–Crippen LogP) is 15.1. The first-order valence-electron chi connectivity index (χ1n) is 24.3. The second kappa shape index (κ2) is 18.2. The van der Waals surface area contributed by atoms with Crippen LogP contribution in [-0.2, 0) is 37.3 Å². The number of nitrogens with zero attached hydrogens (tertiary/aromatic N) is 5. The average Bonchev–Trinajstić information content (AvgIpc) is 3.68. The van der Waals surface area contributed by atoms with Crippen molar-refractivity contribution in [2.45, 2.75) is 107 Å². The Morgan fingerprint density at radius 3 is 1.94 bits per heavy atom. The van der Waals surface area contributed by atoms with Crippen LogP contribution in [0.25, 0.3) is 77.7 Å². The van der Waals surface area contributed by atoms with Crippen LogP contribution in [0.2, 0.25) is 0 Å². The molecule has 0 aliphatic heterocycles. The molecular weight excluding hydrogens is 975 g/mol. The van der Waals surface area contributed by atoms with Crippen LogP contribution in [0.3, 0.4) is 0 Å². The van der Waals surface area contributed by atoms with Crippen molar-refractivity contribution in [3.63, 3.8) is 0 Å². The Balaban J connectivity index is 0.000000254. The molecule has 0 fully saturated rings. The van der Waals surface area contributed by atoms with E-state index >= 15 is 0 Å². The molecule has 0 aliphatic rings. The van der Waals surface area contributed by atoms with Gasteiger partial charge in [0.15, 0.2) is 5.82 Å². The van der Waals surface area contributed by atoms with Crippen LogP contribution in [0.4, 0.5) is 0 Å². The van der Waals surface area contributed by atoms with Crippen molar-refractivity contribution in [1.29, 1.82) is 0 Å². The van der Waals surface area contributed by atoms with E-state index in [1.54, 1.807) is 24.3 Å². The Bertz CT molecular complexity index is 3320. The molecule has 0 unspecified atom stereocenters. The fraction of sp³-hybridized carbons (Fsp3) is 0.293. The molecule has 4 heterocycles. The van der Waals surface area contributed by atoms with Gasteiger partial charge in [0.05, 0.1) is 5.58 Å². The summed E-state index contributed by atoms with van der Waals surface area (Å²) in [4.78, 5) is 24.0. The van der Waals surface area contributed by atoms with E-state index in [4.69, 9.17) is 31.2 Å². The minimum atomic E-state index is -2.14. The topological polar surface area (TPSA) is 77.6 Å². The molecule has 65 heavy (non-hydrogen) atoms. The summed E-state index contributed by atoms with van der Waals surface area (Å²) in [5.41, 5.74) is 11.3. The number of hydrogen-bond acceptors (Lipinski definition) is 6. The van der Waals surface area contributed by atoms with Crippen LogP contribution >= 0.6 is 0 Å². The molecule has 1 radical (unpaired) electrons. The zero-order valence-corrected chi connectivity index (χ0v) is 41.8. The fourth-order valence-corrected chi connectivity index (χ4v) is 7.93. The van der Waals surface area contributed by atoms with E-state index in [9.17, 15) is 0 Å². The van der Waals surface area contributed by atoms with Gasteiger partial charge < -0.3 is 14.4 Å². The first-order chi connectivity index (χ1) is 32.2. The fourth-order valence-electron chi connectivity index (χ4n) is 7.93. The zero-order valence-electron chi connectivity index (χ0n) is 44.4. The third-order valence-electron chi connectivity index (χ3n) is 11.1. The predicted molar refractivity (Wildman–Crippen MR) is 266 cm³/mol. The summed E-state index contributed by atoms with van der Waals surface area (Å²) in [6.45, 7) is 22.7. The van der Waals surface area contributed by atoms with Crippen LogP contribution in [-0.4, -0.2) is 24.9 Å². The number of benzene rings is 5. The van der Waals surface area contributed by atoms with Gasteiger partial charge in [-0.1, -0.05) is 135 Å². The molecule has 0 N–H and O–H groups in total. The van der Waals surface area contributed by atoms with Gasteiger partial charge in [0.2, 0.25) is 0 Å². The monoisotopic (exact) mass is 1040 g/mol. The second-order valence-corrected chi connectivity index (χ2v) is 19.8. The molecule has 333 valence electrons. The maximum atomic E-state index is 8.25. The Morgan fingerprint density at radius 1 is 0.646 bits per heavy atom. The molecule has 0 spiro atoms. The molecule has 7 heteroatoms. The van der Waals surface area contributed by atoms with Gasteiger partial charge in [-0.25, -0.2) is 15.0 Å².